The average molecular weight is 318 g/mol. The summed E-state index contributed by atoms with van der Waals surface area (Å²) >= 11 is 0. The molecule has 23 heavy (non-hydrogen) atoms. The molecular formula is C17H22N2O4. The number of aromatic nitrogens is 1. The molecule has 0 saturated heterocycles. The molecule has 3 N–H and O–H groups in total. The third kappa shape index (κ3) is 5.34. The van der Waals surface area contributed by atoms with Crippen LogP contribution >= 0.6 is 0 Å². The number of ether oxygens (including phenoxy) is 2. The van der Waals surface area contributed by atoms with E-state index in [1.165, 1.54) is 0 Å². The summed E-state index contributed by atoms with van der Waals surface area (Å²) in [4.78, 5) is 12.2. The van der Waals surface area contributed by atoms with Gasteiger partial charge in [0.25, 0.3) is 5.56 Å². The maximum absolute atomic E-state index is 12.2. The number of aliphatic hydroxyl groups is 1. The Balaban J connectivity index is 1.83. The molecule has 6 nitrogen and oxygen atoms in total. The molecule has 124 valence electrons. The quantitative estimate of drug-likeness (QED) is 0.542. The SMILES string of the molecule is Nc1cccc(OCCCn2cccc(OCCCO)c2=O)c1. The number of nitrogens with two attached hydrogens (primary N) is 1. The molecule has 0 spiro atoms. The number of nitrogens with zero attached hydrogens (tertiary/aromatic N) is 1. The van der Waals surface area contributed by atoms with E-state index in [-0.39, 0.29) is 12.2 Å². The van der Waals surface area contributed by atoms with E-state index in [4.69, 9.17) is 20.3 Å². The van der Waals surface area contributed by atoms with E-state index in [9.17, 15) is 4.79 Å². The van der Waals surface area contributed by atoms with Gasteiger partial charge in [-0.05, 0) is 30.7 Å². The predicted molar refractivity (Wildman–Crippen MR) is 88.9 cm³/mol. The molecule has 1 aromatic heterocycles. The van der Waals surface area contributed by atoms with E-state index >= 15 is 0 Å². The van der Waals surface area contributed by atoms with Crippen LogP contribution in [0.2, 0.25) is 0 Å². The summed E-state index contributed by atoms with van der Waals surface area (Å²) in [5.41, 5.74) is 6.17. The second-order valence-corrected chi connectivity index (χ2v) is 5.07. The largest absolute Gasteiger partial charge is 0.493 e. The van der Waals surface area contributed by atoms with Crippen LogP contribution in [0.15, 0.2) is 47.4 Å². The van der Waals surface area contributed by atoms with Crippen LogP contribution in [0.1, 0.15) is 12.8 Å². The van der Waals surface area contributed by atoms with Crippen molar-refractivity contribution in [3.05, 3.63) is 52.9 Å². The number of rotatable bonds is 9. The molecule has 0 atom stereocenters. The molecule has 2 aromatic rings. The lowest BCUT2D eigenvalue weighted by Gasteiger charge is -2.10. The molecule has 0 aliphatic carbocycles. The summed E-state index contributed by atoms with van der Waals surface area (Å²) in [6.07, 6.45) is 2.92. The normalized spacial score (nSPS) is 10.5. The second-order valence-electron chi connectivity index (χ2n) is 5.07. The highest BCUT2D eigenvalue weighted by atomic mass is 16.5. The van der Waals surface area contributed by atoms with Crippen molar-refractivity contribution in [3.63, 3.8) is 0 Å². The van der Waals surface area contributed by atoms with Crippen molar-refractivity contribution in [3.8, 4) is 11.5 Å². The number of anilines is 1. The zero-order chi connectivity index (χ0) is 16.5. The summed E-state index contributed by atoms with van der Waals surface area (Å²) in [7, 11) is 0. The first-order chi connectivity index (χ1) is 11.2. The van der Waals surface area contributed by atoms with Crippen molar-refractivity contribution >= 4 is 5.69 Å². The van der Waals surface area contributed by atoms with Gasteiger partial charge in [-0.3, -0.25) is 4.79 Å². The molecule has 1 heterocycles. The fraction of sp³-hybridized carbons (Fsp3) is 0.353. The third-order valence-corrected chi connectivity index (χ3v) is 3.22. The molecule has 0 fully saturated rings. The number of benzene rings is 1. The van der Waals surface area contributed by atoms with Gasteiger partial charge in [-0.2, -0.15) is 0 Å². The van der Waals surface area contributed by atoms with Gasteiger partial charge < -0.3 is 24.9 Å². The Morgan fingerprint density at radius 1 is 1.09 bits per heavy atom. The van der Waals surface area contributed by atoms with Gasteiger partial charge in [0.15, 0.2) is 5.75 Å². The lowest BCUT2D eigenvalue weighted by atomic mass is 10.3. The number of aryl methyl sites for hydroxylation is 1. The van der Waals surface area contributed by atoms with Gasteiger partial charge in [-0.15, -0.1) is 0 Å². The number of hydrogen-bond acceptors (Lipinski definition) is 5. The van der Waals surface area contributed by atoms with Crippen molar-refractivity contribution < 1.29 is 14.6 Å². The van der Waals surface area contributed by atoms with Crippen LogP contribution in [-0.4, -0.2) is 29.5 Å². The average Bonchev–Trinajstić information content (AvgIpc) is 2.54. The lowest BCUT2D eigenvalue weighted by molar-refractivity contribution is 0.231. The lowest BCUT2D eigenvalue weighted by Crippen LogP contribution is -2.22. The van der Waals surface area contributed by atoms with E-state index in [0.717, 1.165) is 5.75 Å². The van der Waals surface area contributed by atoms with Crippen LogP contribution in [0, 0.1) is 0 Å². The number of hydrogen-bond donors (Lipinski definition) is 2. The minimum atomic E-state index is -0.172. The van der Waals surface area contributed by atoms with Gasteiger partial charge >= 0.3 is 0 Å². The van der Waals surface area contributed by atoms with E-state index in [0.29, 0.717) is 44.0 Å². The maximum atomic E-state index is 12.2. The van der Waals surface area contributed by atoms with Crippen molar-refractivity contribution in [1.82, 2.24) is 4.57 Å². The molecule has 0 unspecified atom stereocenters. The van der Waals surface area contributed by atoms with Gasteiger partial charge in [0.05, 0.1) is 13.2 Å². The van der Waals surface area contributed by atoms with Gasteiger partial charge in [0.1, 0.15) is 5.75 Å². The molecule has 6 heteroatoms. The molecule has 0 bridgehead atoms. The zero-order valence-electron chi connectivity index (χ0n) is 13.0. The first kappa shape index (κ1) is 16.9. The Labute approximate surface area is 135 Å². The molecule has 0 saturated carbocycles. The molecule has 1 aromatic carbocycles. The summed E-state index contributed by atoms with van der Waals surface area (Å²) in [5.74, 6) is 1.02. The maximum Gasteiger partial charge on any atom is 0.292 e. The summed E-state index contributed by atoms with van der Waals surface area (Å²) < 4.78 is 12.6. The topological polar surface area (TPSA) is 86.7 Å². The van der Waals surface area contributed by atoms with Crippen LogP contribution in [0.5, 0.6) is 11.5 Å². The Morgan fingerprint density at radius 2 is 1.91 bits per heavy atom. The molecule has 0 aliphatic heterocycles. The Morgan fingerprint density at radius 3 is 2.70 bits per heavy atom. The fourth-order valence-corrected chi connectivity index (χ4v) is 2.08. The van der Waals surface area contributed by atoms with Gasteiger partial charge in [0, 0.05) is 37.5 Å². The number of nitrogen functional groups attached to an aromatic ring is 1. The number of aliphatic hydroxyl groups excluding tert-OH is 1. The van der Waals surface area contributed by atoms with Crippen LogP contribution in [-0.2, 0) is 6.54 Å². The highest BCUT2D eigenvalue weighted by Gasteiger charge is 2.04. The molecule has 0 radical (unpaired) electrons. The highest BCUT2D eigenvalue weighted by Crippen LogP contribution is 2.14. The third-order valence-electron chi connectivity index (χ3n) is 3.22. The van der Waals surface area contributed by atoms with E-state index in [2.05, 4.69) is 0 Å². The minimum absolute atomic E-state index is 0.0440. The molecule has 2 rings (SSSR count). The number of pyridine rings is 1. The van der Waals surface area contributed by atoms with Crippen molar-refractivity contribution in [2.45, 2.75) is 19.4 Å². The van der Waals surface area contributed by atoms with Crippen molar-refractivity contribution in [1.29, 1.82) is 0 Å². The zero-order valence-corrected chi connectivity index (χ0v) is 13.0. The van der Waals surface area contributed by atoms with Crippen LogP contribution in [0.4, 0.5) is 5.69 Å². The van der Waals surface area contributed by atoms with Gasteiger partial charge in [0.2, 0.25) is 0 Å². The van der Waals surface area contributed by atoms with Crippen LogP contribution < -0.4 is 20.8 Å². The van der Waals surface area contributed by atoms with E-state index < -0.39 is 0 Å². The fourth-order valence-electron chi connectivity index (χ4n) is 2.08. The Kier molecular flexibility index (Phi) is 6.50. The van der Waals surface area contributed by atoms with Crippen molar-refractivity contribution in [2.75, 3.05) is 25.6 Å². The van der Waals surface area contributed by atoms with Gasteiger partial charge in [-0.25, -0.2) is 0 Å². The van der Waals surface area contributed by atoms with Crippen LogP contribution in [0.3, 0.4) is 0 Å². The minimum Gasteiger partial charge on any atom is -0.493 e. The Hall–Kier alpha value is -2.47. The van der Waals surface area contributed by atoms with Gasteiger partial charge in [-0.1, -0.05) is 6.07 Å². The monoisotopic (exact) mass is 318 g/mol. The molecular weight excluding hydrogens is 296 g/mol. The Bertz CT molecular complexity index is 670. The molecule has 0 aliphatic rings. The summed E-state index contributed by atoms with van der Waals surface area (Å²) in [6, 6.07) is 10.7. The first-order valence-electron chi connectivity index (χ1n) is 7.62. The predicted octanol–water partition coefficient (Wildman–Crippen LogP) is 1.66. The summed E-state index contributed by atoms with van der Waals surface area (Å²) in [5, 5.41) is 8.74. The van der Waals surface area contributed by atoms with E-state index in [1.54, 1.807) is 35.0 Å². The van der Waals surface area contributed by atoms with Crippen LogP contribution in [0.25, 0.3) is 0 Å². The van der Waals surface area contributed by atoms with Crippen molar-refractivity contribution in [2.24, 2.45) is 0 Å². The highest BCUT2D eigenvalue weighted by molar-refractivity contribution is 5.43. The van der Waals surface area contributed by atoms with E-state index in [1.807, 2.05) is 12.1 Å². The first-order valence-corrected chi connectivity index (χ1v) is 7.62. The standard InChI is InChI=1S/C17H22N2O4/c18-14-5-1-6-15(13-14)22-11-3-9-19-8-2-7-16(17(19)21)23-12-4-10-20/h1-2,5-8,13,20H,3-4,9-12,18H2. The summed E-state index contributed by atoms with van der Waals surface area (Å²) in [6.45, 7) is 1.40. The smallest absolute Gasteiger partial charge is 0.292 e. The second kappa shape index (κ2) is 8.85. The molecule has 0 amide bonds.